The van der Waals surface area contributed by atoms with Crippen molar-refractivity contribution < 1.29 is 91.7 Å². The number of aliphatic carboxylic acids is 1. The van der Waals surface area contributed by atoms with Crippen LogP contribution >= 0.6 is 0 Å². The summed E-state index contributed by atoms with van der Waals surface area (Å²) in [6.07, 6.45) is -1.34. The highest BCUT2D eigenvalue weighted by Crippen LogP contribution is 2.21. The minimum atomic E-state index is -1.72. The molecule has 16 amide bonds. The molecule has 0 saturated carbocycles. The fourth-order valence-electron chi connectivity index (χ4n) is 12.5. The molecule has 53 nitrogen and oxygen atoms in total. The van der Waals surface area contributed by atoms with E-state index in [2.05, 4.69) is 106 Å². The summed E-state index contributed by atoms with van der Waals surface area (Å²) in [6, 6.07) is -8.15. The van der Waals surface area contributed by atoms with Gasteiger partial charge in [-0.1, -0.05) is 30.3 Å². The normalized spacial score (nSPS) is 14.5. The van der Waals surface area contributed by atoms with Gasteiger partial charge in [0.1, 0.15) is 66.5 Å². The number of guanidine groups is 5. The van der Waals surface area contributed by atoms with Crippen LogP contribution in [-0.2, 0) is 87.9 Å². The summed E-state index contributed by atoms with van der Waals surface area (Å²) in [4.78, 5) is 232. The highest BCUT2D eigenvalue weighted by atomic mass is 16.4. The lowest BCUT2D eigenvalue weighted by Crippen LogP contribution is -2.60. The molecule has 0 spiro atoms. The predicted octanol–water partition coefficient (Wildman–Crippen LogP) is -13.3. The van der Waals surface area contributed by atoms with Crippen LogP contribution < -0.4 is 152 Å². The fourth-order valence-corrected chi connectivity index (χ4v) is 12.5. The molecule has 2 rings (SSSR count). The Hall–Kier alpha value is -13.6. The molecule has 53 heteroatoms. The van der Waals surface area contributed by atoms with Crippen molar-refractivity contribution in [3.8, 4) is 0 Å². The zero-order valence-electron chi connectivity index (χ0n) is 72.1. The van der Waals surface area contributed by atoms with Crippen molar-refractivity contribution >= 4 is 130 Å². The van der Waals surface area contributed by atoms with Crippen LogP contribution in [0.5, 0.6) is 0 Å². The van der Waals surface area contributed by atoms with Gasteiger partial charge in [0.15, 0.2) is 29.8 Å². The zero-order chi connectivity index (χ0) is 95.8. The maximum atomic E-state index is 14.9. The number of nitrogens with one attached hydrogen (secondary N) is 25. The Morgan fingerprint density at radius 1 is 0.375 bits per heavy atom. The lowest BCUT2D eigenvalue weighted by atomic mass is 10.0. The SMILES string of the molecule is C[C@H](NC(=O)[C@H](CCCNC(=N)N)NC(=O)[C@@H]1CCCN1C(=O)[C@@H](NC(=O)CNC(=O)CNC(=O)CNC(=O)CNC(=O)CNC(=O)CN)[C@@H](C)O)C(=O)N[C@@H](CCCNC(=N)N)C(=O)N[C@@H](CCCNC(=N)N)C(=O)N[C@@H](CCCNC(=N)N)C(=O)N[C@@H](CCCCN)C(=O)N[C@@H](CCCCN)C(=O)N[C@@H](CCCNC(=N)N)C(=O)N[C@@H](Cc1ccccc1)C(=O)O. The molecule has 716 valence electrons. The van der Waals surface area contributed by atoms with E-state index in [4.69, 9.17) is 72.9 Å². The highest BCUT2D eigenvalue weighted by molar-refractivity contribution is 6.00. The molecule has 1 saturated heterocycles. The van der Waals surface area contributed by atoms with Gasteiger partial charge in [-0.15, -0.1) is 0 Å². The van der Waals surface area contributed by atoms with E-state index in [-0.39, 0.29) is 174 Å². The lowest BCUT2D eigenvalue weighted by Gasteiger charge is -2.31. The average Bonchev–Trinajstić information content (AvgIpc) is 1.66. The summed E-state index contributed by atoms with van der Waals surface area (Å²) in [5.41, 5.74) is 45.1. The first-order chi connectivity index (χ1) is 60.7. The van der Waals surface area contributed by atoms with Crippen LogP contribution in [0, 0.1) is 27.0 Å². The van der Waals surface area contributed by atoms with Crippen molar-refractivity contribution in [1.82, 2.24) is 111 Å². The van der Waals surface area contributed by atoms with Crippen LogP contribution in [0.15, 0.2) is 30.3 Å². The quantitative estimate of drug-likeness (QED) is 0.0164. The molecule has 0 radical (unpaired) electrons. The molecule has 1 aliphatic rings. The molecule has 1 fully saturated rings. The number of aliphatic hydroxyl groups is 1. The smallest absolute Gasteiger partial charge is 0.326 e. The molecule has 1 heterocycles. The summed E-state index contributed by atoms with van der Waals surface area (Å²) >= 11 is 0. The number of rotatable bonds is 63. The monoisotopic (exact) mass is 1810 g/mol. The molecule has 0 aromatic heterocycles. The van der Waals surface area contributed by atoms with Gasteiger partial charge in [0, 0.05) is 45.7 Å². The van der Waals surface area contributed by atoms with E-state index in [1.54, 1.807) is 30.3 Å². The summed E-state index contributed by atoms with van der Waals surface area (Å²) in [5.74, 6) is -17.9. The van der Waals surface area contributed by atoms with E-state index in [1.165, 1.54) is 6.92 Å². The third-order valence-corrected chi connectivity index (χ3v) is 19.2. The molecular formula is C75H132N34O19. The van der Waals surface area contributed by atoms with Gasteiger partial charge in [-0.25, -0.2) is 4.79 Å². The number of likely N-dealkylation sites (tertiary alicyclic amines) is 1. The van der Waals surface area contributed by atoms with E-state index < -0.39 is 230 Å². The number of carboxylic acid groups (broad SMARTS) is 1. The number of hydrogen-bond donors (Lipinski definition) is 35. The van der Waals surface area contributed by atoms with E-state index in [0.29, 0.717) is 18.4 Å². The van der Waals surface area contributed by atoms with Crippen molar-refractivity contribution in [3.05, 3.63) is 35.9 Å². The fraction of sp³-hybridized carbons (Fsp3) is 0.627. The van der Waals surface area contributed by atoms with Crippen LogP contribution in [0.2, 0.25) is 0 Å². The molecule has 0 bridgehead atoms. The number of nitrogens with two attached hydrogens (primary N) is 8. The highest BCUT2D eigenvalue weighted by Gasteiger charge is 2.42. The third kappa shape index (κ3) is 46.9. The first kappa shape index (κ1) is 110. The molecule has 0 unspecified atom stereocenters. The summed E-state index contributed by atoms with van der Waals surface area (Å²) < 4.78 is 0. The summed E-state index contributed by atoms with van der Waals surface area (Å²) in [7, 11) is 0. The number of benzene rings is 1. The van der Waals surface area contributed by atoms with Gasteiger partial charge in [-0.3, -0.25) is 104 Å². The third-order valence-electron chi connectivity index (χ3n) is 19.2. The van der Waals surface area contributed by atoms with Crippen LogP contribution in [0.1, 0.15) is 135 Å². The van der Waals surface area contributed by atoms with E-state index >= 15 is 0 Å². The van der Waals surface area contributed by atoms with Crippen LogP contribution in [0.3, 0.4) is 0 Å². The van der Waals surface area contributed by atoms with Gasteiger partial charge >= 0.3 is 5.97 Å². The first-order valence-corrected chi connectivity index (χ1v) is 41.8. The lowest BCUT2D eigenvalue weighted by molar-refractivity contribution is -0.144. The Labute approximate surface area is 739 Å². The molecule has 43 N–H and O–H groups in total. The number of carbonyl (C=O) groups is 17. The number of amides is 16. The van der Waals surface area contributed by atoms with Crippen molar-refractivity contribution in [2.24, 2.45) is 45.9 Å². The molecule has 0 aliphatic carbocycles. The number of hydrogen-bond acceptors (Lipinski definition) is 26. The Morgan fingerprint density at radius 2 is 0.672 bits per heavy atom. The number of unbranched alkanes of at least 4 members (excludes halogenated alkanes) is 2. The molecular weight excluding hydrogens is 1680 g/mol. The Morgan fingerprint density at radius 3 is 0.984 bits per heavy atom. The summed E-state index contributed by atoms with van der Waals surface area (Å²) in [5, 5.41) is 109. The van der Waals surface area contributed by atoms with Crippen molar-refractivity contribution in [2.45, 2.75) is 208 Å². The first-order valence-electron chi connectivity index (χ1n) is 41.8. The zero-order valence-corrected chi connectivity index (χ0v) is 72.1. The molecule has 1 aromatic rings. The topological polar surface area (TPSA) is 902 Å². The molecule has 12 atom stereocenters. The van der Waals surface area contributed by atoms with Crippen LogP contribution in [-0.4, -0.2) is 310 Å². The minimum Gasteiger partial charge on any atom is -0.480 e. The van der Waals surface area contributed by atoms with Crippen molar-refractivity contribution in [2.75, 3.05) is 91.6 Å². The van der Waals surface area contributed by atoms with E-state index in [0.717, 1.165) is 11.8 Å². The van der Waals surface area contributed by atoms with Gasteiger partial charge in [0.25, 0.3) is 0 Å². The number of carbonyl (C=O) groups excluding carboxylic acids is 16. The van der Waals surface area contributed by atoms with Gasteiger partial charge in [-0.2, -0.15) is 0 Å². The standard InChI is InChI=1S/C75H132N34O19/c1-41(99-61(118)46(20-10-28-89-71(79)80)106-68(125)52-25-15-33-109(52)69(126)59(42(2)110)108-58(116)40-98-57(115)39-97-56(114)38-96-55(113)37-95-54(112)36-94-53(111)35-78)60(117)100-47(21-11-29-90-72(81)82)64(121)103-49(23-13-31-92-74(85)86)66(123)104-48(22-12-30-91-73(83)84)65(122)102-44(18-6-8-26-76)62(119)101-45(19-7-9-27-77)63(120)105-50(24-14-32-93-75(87)88)67(124)107-51(70(127)128)34-43-16-4-3-5-17-43/h3-5,16-17,41-42,44-52,59,110H,6-15,18-40,76-78H2,1-2H3,(H,94,111)(H,95,112)(H,96,113)(H,97,114)(H,98,115)(H,99,118)(H,100,117)(H,101,119)(H,102,122)(H,103,121)(H,104,123)(H,105,120)(H,106,125)(H,107,124)(H,108,116)(H,127,128)(H4,79,80,89)(H4,81,82,90)(H4,83,84,91)(H4,85,86,92)(H4,87,88,93)/t41-,42+,44-,45-,46-,47-,48-,49-,50-,51-,52-,59-/m0/s1. The van der Waals surface area contributed by atoms with Crippen molar-refractivity contribution in [3.63, 3.8) is 0 Å². The minimum absolute atomic E-state index is 0.000613. The Bertz CT molecular complexity index is 3900. The second kappa shape index (κ2) is 61.7. The average molecular weight is 1810 g/mol. The number of carboxylic acids is 1. The predicted molar refractivity (Wildman–Crippen MR) is 465 cm³/mol. The van der Waals surface area contributed by atoms with Gasteiger partial charge in [-0.05, 0) is 148 Å². The second-order valence-electron chi connectivity index (χ2n) is 29.8. The van der Waals surface area contributed by atoms with Crippen molar-refractivity contribution in [1.29, 1.82) is 27.0 Å². The van der Waals surface area contributed by atoms with Crippen LogP contribution in [0.25, 0.3) is 0 Å². The number of aliphatic hydroxyl groups excluding tert-OH is 1. The maximum Gasteiger partial charge on any atom is 0.326 e. The maximum absolute atomic E-state index is 14.9. The Kier molecular flexibility index (Phi) is 53.2. The molecule has 1 aliphatic heterocycles. The molecule has 1 aromatic carbocycles. The Balaban J connectivity index is 2.50. The van der Waals surface area contributed by atoms with Crippen LogP contribution in [0.4, 0.5) is 0 Å². The largest absolute Gasteiger partial charge is 0.480 e. The van der Waals surface area contributed by atoms with Gasteiger partial charge in [0.2, 0.25) is 94.5 Å². The second-order valence-corrected chi connectivity index (χ2v) is 29.8. The van der Waals surface area contributed by atoms with E-state index in [9.17, 15) is 91.7 Å². The molecule has 128 heavy (non-hydrogen) atoms. The van der Waals surface area contributed by atoms with E-state index in [1.807, 2.05) is 0 Å². The number of nitrogens with zero attached hydrogens (tertiary/aromatic N) is 1. The van der Waals surface area contributed by atoms with Gasteiger partial charge in [0.05, 0.1) is 45.4 Å². The summed E-state index contributed by atoms with van der Waals surface area (Å²) in [6.45, 7) is -0.920. The van der Waals surface area contributed by atoms with Gasteiger partial charge < -0.3 is 167 Å².